The maximum absolute atomic E-state index is 2.53. The Labute approximate surface area is 124 Å². The van der Waals surface area contributed by atoms with Crippen molar-refractivity contribution in [2.75, 3.05) is 6.54 Å². The lowest BCUT2D eigenvalue weighted by atomic mass is 9.91. The highest BCUT2D eigenvalue weighted by Gasteiger charge is 2.23. The van der Waals surface area contributed by atoms with E-state index in [0.29, 0.717) is 0 Å². The van der Waals surface area contributed by atoms with Crippen LogP contribution in [0.15, 0.2) is 30.0 Å². The maximum Gasteiger partial charge on any atom is 0.0450 e. The standard InChI is InChI=1S/C19H27N/c1-5-10-18-19-15(7-3)11-9-12-16(19)14-17(8-4)20(18)13-6-2/h9-12,14H,5-8,13H2,1-4H3/b18-10+. The van der Waals surface area contributed by atoms with E-state index in [1.54, 1.807) is 0 Å². The molecule has 108 valence electrons. The molecule has 0 bridgehead atoms. The summed E-state index contributed by atoms with van der Waals surface area (Å²) >= 11 is 0. The molecule has 1 aromatic carbocycles. The van der Waals surface area contributed by atoms with Crippen LogP contribution < -0.4 is 0 Å². The summed E-state index contributed by atoms with van der Waals surface area (Å²) in [7, 11) is 0. The molecule has 0 atom stereocenters. The van der Waals surface area contributed by atoms with E-state index in [4.69, 9.17) is 0 Å². The average Bonchev–Trinajstić information content (AvgIpc) is 2.48. The normalized spacial score (nSPS) is 16.3. The number of hydrogen-bond donors (Lipinski definition) is 0. The first-order valence-corrected chi connectivity index (χ1v) is 8.07. The third-order valence-corrected chi connectivity index (χ3v) is 3.99. The molecular formula is C19H27N. The fourth-order valence-electron chi connectivity index (χ4n) is 3.08. The zero-order valence-electron chi connectivity index (χ0n) is 13.4. The monoisotopic (exact) mass is 269 g/mol. The number of fused-ring (bicyclic) bond motifs is 1. The molecule has 0 N–H and O–H groups in total. The molecule has 0 aromatic heterocycles. The molecule has 0 amide bonds. The molecule has 1 aromatic rings. The Morgan fingerprint density at radius 1 is 1.05 bits per heavy atom. The lowest BCUT2D eigenvalue weighted by molar-refractivity contribution is 0.468. The van der Waals surface area contributed by atoms with Gasteiger partial charge in [0.25, 0.3) is 0 Å². The van der Waals surface area contributed by atoms with Crippen LogP contribution in [0, 0.1) is 0 Å². The average molecular weight is 269 g/mol. The van der Waals surface area contributed by atoms with Gasteiger partial charge in [-0.25, -0.2) is 0 Å². The van der Waals surface area contributed by atoms with E-state index >= 15 is 0 Å². The molecule has 0 aliphatic carbocycles. The molecule has 20 heavy (non-hydrogen) atoms. The fourth-order valence-corrected chi connectivity index (χ4v) is 3.08. The van der Waals surface area contributed by atoms with Crippen molar-refractivity contribution in [3.63, 3.8) is 0 Å². The highest BCUT2D eigenvalue weighted by atomic mass is 15.2. The topological polar surface area (TPSA) is 3.24 Å². The SMILES string of the molecule is CC/C=C1\c2c(cccc2CC)C=C(CC)N1CCC. The Bertz CT molecular complexity index is 523. The third-order valence-electron chi connectivity index (χ3n) is 3.99. The predicted octanol–water partition coefficient (Wildman–Crippen LogP) is 5.48. The minimum Gasteiger partial charge on any atom is -0.345 e. The van der Waals surface area contributed by atoms with Crippen molar-refractivity contribution in [1.82, 2.24) is 4.90 Å². The molecular weight excluding hydrogens is 242 g/mol. The molecule has 0 fully saturated rings. The zero-order valence-corrected chi connectivity index (χ0v) is 13.4. The quantitative estimate of drug-likeness (QED) is 0.684. The van der Waals surface area contributed by atoms with E-state index in [1.165, 1.54) is 34.5 Å². The van der Waals surface area contributed by atoms with Gasteiger partial charge in [-0.15, -0.1) is 0 Å². The molecule has 1 nitrogen and oxygen atoms in total. The summed E-state index contributed by atoms with van der Waals surface area (Å²) in [5.41, 5.74) is 7.21. The van der Waals surface area contributed by atoms with Crippen LogP contribution >= 0.6 is 0 Å². The van der Waals surface area contributed by atoms with Crippen molar-refractivity contribution >= 4 is 11.8 Å². The summed E-state index contributed by atoms with van der Waals surface area (Å²) in [6, 6.07) is 6.73. The van der Waals surface area contributed by atoms with E-state index in [0.717, 1.165) is 25.8 Å². The first-order valence-electron chi connectivity index (χ1n) is 8.07. The molecule has 1 heterocycles. The Hall–Kier alpha value is -1.50. The first-order chi connectivity index (χ1) is 9.76. The highest BCUT2D eigenvalue weighted by Crippen LogP contribution is 2.37. The van der Waals surface area contributed by atoms with Crippen molar-refractivity contribution in [1.29, 1.82) is 0 Å². The minimum atomic E-state index is 1.09. The summed E-state index contributed by atoms with van der Waals surface area (Å²) < 4.78 is 0. The molecule has 0 radical (unpaired) electrons. The van der Waals surface area contributed by atoms with Crippen LogP contribution in [0.5, 0.6) is 0 Å². The van der Waals surface area contributed by atoms with Gasteiger partial charge in [0.05, 0.1) is 0 Å². The van der Waals surface area contributed by atoms with Crippen LogP contribution in [0.2, 0.25) is 0 Å². The van der Waals surface area contributed by atoms with Gasteiger partial charge in [0.2, 0.25) is 0 Å². The van der Waals surface area contributed by atoms with Crippen molar-refractivity contribution < 1.29 is 0 Å². The van der Waals surface area contributed by atoms with Gasteiger partial charge < -0.3 is 4.90 Å². The molecule has 1 aliphatic heterocycles. The lowest BCUT2D eigenvalue weighted by Gasteiger charge is -2.35. The highest BCUT2D eigenvalue weighted by molar-refractivity contribution is 5.81. The van der Waals surface area contributed by atoms with Crippen molar-refractivity contribution in [3.05, 3.63) is 46.7 Å². The van der Waals surface area contributed by atoms with Crippen LogP contribution in [0.25, 0.3) is 11.8 Å². The van der Waals surface area contributed by atoms with E-state index in [1.807, 2.05) is 0 Å². The molecule has 2 rings (SSSR count). The first kappa shape index (κ1) is 14.9. The number of hydrogen-bond acceptors (Lipinski definition) is 1. The number of rotatable bonds is 5. The van der Waals surface area contributed by atoms with Crippen LogP contribution in [0.3, 0.4) is 0 Å². The molecule has 0 unspecified atom stereocenters. The molecule has 1 aliphatic rings. The lowest BCUT2D eigenvalue weighted by Crippen LogP contribution is -2.26. The molecule has 1 heteroatoms. The summed E-state index contributed by atoms with van der Waals surface area (Å²) in [5.74, 6) is 0. The largest absolute Gasteiger partial charge is 0.345 e. The Balaban J connectivity index is 2.63. The second kappa shape index (κ2) is 6.78. The third kappa shape index (κ3) is 2.67. The van der Waals surface area contributed by atoms with Crippen molar-refractivity contribution in [3.8, 4) is 0 Å². The molecule has 0 saturated heterocycles. The number of allylic oxidation sites excluding steroid dienone is 2. The van der Waals surface area contributed by atoms with Gasteiger partial charge in [0.15, 0.2) is 0 Å². The van der Waals surface area contributed by atoms with Gasteiger partial charge in [0, 0.05) is 23.5 Å². The summed E-state index contributed by atoms with van der Waals surface area (Å²) in [5, 5.41) is 0. The number of aryl methyl sites for hydroxylation is 1. The maximum atomic E-state index is 2.53. The van der Waals surface area contributed by atoms with E-state index in [-0.39, 0.29) is 0 Å². The van der Waals surface area contributed by atoms with Crippen LogP contribution in [0.1, 0.15) is 63.6 Å². The van der Waals surface area contributed by atoms with Gasteiger partial charge in [-0.1, -0.05) is 52.0 Å². The van der Waals surface area contributed by atoms with E-state index < -0.39 is 0 Å². The van der Waals surface area contributed by atoms with E-state index in [9.17, 15) is 0 Å². The Morgan fingerprint density at radius 2 is 1.85 bits per heavy atom. The van der Waals surface area contributed by atoms with Gasteiger partial charge in [0.1, 0.15) is 0 Å². The fraction of sp³-hybridized carbons (Fsp3) is 0.474. The minimum absolute atomic E-state index is 1.09. The number of nitrogens with zero attached hydrogens (tertiary/aromatic N) is 1. The zero-order chi connectivity index (χ0) is 14.5. The predicted molar refractivity (Wildman–Crippen MR) is 89.4 cm³/mol. The second-order valence-corrected chi connectivity index (χ2v) is 5.37. The van der Waals surface area contributed by atoms with Gasteiger partial charge >= 0.3 is 0 Å². The van der Waals surface area contributed by atoms with Crippen LogP contribution in [-0.4, -0.2) is 11.4 Å². The van der Waals surface area contributed by atoms with Gasteiger partial charge in [-0.05, 0) is 42.9 Å². The Kier molecular flexibility index (Phi) is 5.05. The molecule has 0 saturated carbocycles. The summed E-state index contributed by atoms with van der Waals surface area (Å²) in [4.78, 5) is 2.53. The summed E-state index contributed by atoms with van der Waals surface area (Å²) in [6.07, 6.45) is 9.25. The van der Waals surface area contributed by atoms with Gasteiger partial charge in [-0.2, -0.15) is 0 Å². The van der Waals surface area contributed by atoms with Crippen LogP contribution in [-0.2, 0) is 6.42 Å². The second-order valence-electron chi connectivity index (χ2n) is 5.37. The number of benzene rings is 1. The van der Waals surface area contributed by atoms with Crippen molar-refractivity contribution in [2.24, 2.45) is 0 Å². The Morgan fingerprint density at radius 3 is 2.45 bits per heavy atom. The molecule has 0 spiro atoms. The van der Waals surface area contributed by atoms with Crippen molar-refractivity contribution in [2.45, 2.75) is 53.4 Å². The smallest absolute Gasteiger partial charge is 0.0450 e. The van der Waals surface area contributed by atoms with Crippen LogP contribution in [0.4, 0.5) is 0 Å². The van der Waals surface area contributed by atoms with E-state index in [2.05, 4.69) is 62.9 Å². The summed E-state index contributed by atoms with van der Waals surface area (Å²) in [6.45, 7) is 10.1. The van der Waals surface area contributed by atoms with Gasteiger partial charge in [-0.3, -0.25) is 0 Å².